The lowest BCUT2D eigenvalue weighted by atomic mass is 10.1. The Morgan fingerprint density at radius 3 is 2.85 bits per heavy atom. The van der Waals surface area contributed by atoms with Gasteiger partial charge in [0.1, 0.15) is 0 Å². The molecule has 0 bridgehead atoms. The van der Waals surface area contributed by atoms with Crippen molar-refractivity contribution in [3.63, 3.8) is 0 Å². The second-order valence-corrected chi connectivity index (χ2v) is 3.29. The zero-order chi connectivity index (χ0) is 9.26. The molecule has 13 heavy (non-hydrogen) atoms. The first-order valence-electron chi connectivity index (χ1n) is 4.36. The van der Waals surface area contributed by atoms with Crippen molar-refractivity contribution in [2.75, 3.05) is 0 Å². The van der Waals surface area contributed by atoms with Crippen LogP contribution in [0.4, 0.5) is 0 Å². The van der Waals surface area contributed by atoms with Crippen molar-refractivity contribution in [2.24, 2.45) is 5.73 Å². The normalized spacial score (nSPS) is 32.4. The van der Waals surface area contributed by atoms with E-state index in [4.69, 9.17) is 5.73 Å². The summed E-state index contributed by atoms with van der Waals surface area (Å²) in [6, 6.07) is 0.312. The van der Waals surface area contributed by atoms with Gasteiger partial charge in [-0.25, -0.2) is 0 Å². The Morgan fingerprint density at radius 2 is 2.31 bits per heavy atom. The van der Waals surface area contributed by atoms with Gasteiger partial charge in [-0.15, -0.1) is 0 Å². The minimum Gasteiger partial charge on any atom is -0.314 e. The van der Waals surface area contributed by atoms with Crippen LogP contribution in [0.25, 0.3) is 0 Å². The molecule has 1 aliphatic carbocycles. The van der Waals surface area contributed by atoms with Crippen LogP contribution in [0.5, 0.6) is 0 Å². The van der Waals surface area contributed by atoms with Crippen molar-refractivity contribution in [1.82, 2.24) is 5.32 Å². The first-order chi connectivity index (χ1) is 6.25. The minimum absolute atomic E-state index is 0.117. The van der Waals surface area contributed by atoms with Crippen LogP contribution in [-0.4, -0.2) is 18.0 Å². The van der Waals surface area contributed by atoms with Crippen LogP contribution in [-0.2, 0) is 4.79 Å². The Bertz CT molecular complexity index is 315. The van der Waals surface area contributed by atoms with E-state index in [1.807, 2.05) is 24.3 Å². The zero-order valence-corrected chi connectivity index (χ0v) is 7.23. The number of hydrogen-bond donors (Lipinski definition) is 2. The molecular formula is C10H12N2O. The Kier molecular flexibility index (Phi) is 2.12. The predicted octanol–water partition coefficient (Wildman–Crippen LogP) is 0.255. The van der Waals surface area contributed by atoms with Gasteiger partial charge in [-0.1, -0.05) is 24.3 Å². The molecule has 2 atom stereocenters. The van der Waals surface area contributed by atoms with Crippen molar-refractivity contribution >= 4 is 5.78 Å². The van der Waals surface area contributed by atoms with Gasteiger partial charge in [-0.05, 0) is 11.6 Å². The summed E-state index contributed by atoms with van der Waals surface area (Å²) in [5.74, 6) is 0.165. The summed E-state index contributed by atoms with van der Waals surface area (Å²) in [7, 11) is 0. The highest BCUT2D eigenvalue weighted by molar-refractivity contribution is 5.92. The maximum atomic E-state index is 10.8. The zero-order valence-electron chi connectivity index (χ0n) is 7.23. The van der Waals surface area contributed by atoms with Gasteiger partial charge >= 0.3 is 0 Å². The monoisotopic (exact) mass is 176 g/mol. The van der Waals surface area contributed by atoms with Gasteiger partial charge in [0.25, 0.3) is 0 Å². The van der Waals surface area contributed by atoms with E-state index in [1.54, 1.807) is 6.08 Å². The highest BCUT2D eigenvalue weighted by Gasteiger charge is 2.28. The van der Waals surface area contributed by atoms with E-state index in [2.05, 4.69) is 5.32 Å². The molecule has 1 saturated heterocycles. The van der Waals surface area contributed by atoms with Gasteiger partial charge in [0.15, 0.2) is 5.78 Å². The maximum absolute atomic E-state index is 10.8. The molecule has 1 fully saturated rings. The van der Waals surface area contributed by atoms with Crippen molar-refractivity contribution in [1.29, 1.82) is 0 Å². The molecule has 3 N–H and O–H groups in total. The molecule has 0 radical (unpaired) electrons. The van der Waals surface area contributed by atoms with Gasteiger partial charge in [-0.2, -0.15) is 0 Å². The lowest BCUT2D eigenvalue weighted by molar-refractivity contribution is -0.113. The second-order valence-electron chi connectivity index (χ2n) is 3.29. The number of nitrogens with two attached hydrogens (primary N) is 1. The molecule has 0 aromatic heterocycles. The Labute approximate surface area is 77.0 Å². The predicted molar refractivity (Wildman–Crippen MR) is 50.9 cm³/mol. The van der Waals surface area contributed by atoms with Gasteiger partial charge in [0.2, 0.25) is 0 Å². The van der Waals surface area contributed by atoms with Crippen molar-refractivity contribution in [2.45, 2.75) is 18.6 Å². The highest BCUT2D eigenvalue weighted by atomic mass is 16.1. The molecule has 2 unspecified atom stereocenters. The van der Waals surface area contributed by atoms with Gasteiger partial charge in [0, 0.05) is 6.42 Å². The third-order valence-corrected chi connectivity index (χ3v) is 2.16. The smallest absolute Gasteiger partial charge is 0.159 e. The van der Waals surface area contributed by atoms with Gasteiger partial charge in [0.05, 0.1) is 12.2 Å². The van der Waals surface area contributed by atoms with Crippen LogP contribution in [0.3, 0.4) is 0 Å². The number of rotatable bonds is 2. The first kappa shape index (κ1) is 8.41. The Balaban J connectivity index is 1.92. The van der Waals surface area contributed by atoms with Crippen molar-refractivity contribution < 1.29 is 4.79 Å². The summed E-state index contributed by atoms with van der Waals surface area (Å²) in [4.78, 5) is 10.8. The molecule has 2 aliphatic rings. The molecule has 68 valence electrons. The number of allylic oxidation sites excluding steroid dienone is 5. The van der Waals surface area contributed by atoms with Crippen molar-refractivity contribution in [3.8, 4) is 0 Å². The Hall–Kier alpha value is -1.19. The Morgan fingerprint density at radius 1 is 1.54 bits per heavy atom. The van der Waals surface area contributed by atoms with E-state index in [0.29, 0.717) is 12.5 Å². The quantitative estimate of drug-likeness (QED) is 0.593. The van der Waals surface area contributed by atoms with E-state index in [9.17, 15) is 4.79 Å². The molecule has 2 rings (SSSR count). The van der Waals surface area contributed by atoms with E-state index >= 15 is 0 Å². The second kappa shape index (κ2) is 3.28. The van der Waals surface area contributed by atoms with E-state index in [0.717, 1.165) is 5.57 Å². The minimum atomic E-state index is 0.117. The summed E-state index contributed by atoms with van der Waals surface area (Å²) in [6.45, 7) is 0. The third-order valence-electron chi connectivity index (χ3n) is 2.16. The van der Waals surface area contributed by atoms with Crippen molar-refractivity contribution in [3.05, 3.63) is 36.0 Å². The van der Waals surface area contributed by atoms with Crippen LogP contribution >= 0.6 is 0 Å². The number of carbonyl (C=O) groups excluding carboxylic acids is 1. The molecule has 1 aliphatic heterocycles. The summed E-state index contributed by atoms with van der Waals surface area (Å²) in [5.41, 5.74) is 6.63. The molecule has 3 nitrogen and oxygen atoms in total. The topological polar surface area (TPSA) is 65.0 Å². The van der Waals surface area contributed by atoms with E-state index in [1.165, 1.54) is 0 Å². The fraction of sp³-hybridized carbons (Fsp3) is 0.300. The molecule has 0 spiro atoms. The van der Waals surface area contributed by atoms with Crippen LogP contribution in [0.1, 0.15) is 6.42 Å². The molecule has 0 aromatic rings. The van der Waals surface area contributed by atoms with E-state index < -0.39 is 0 Å². The van der Waals surface area contributed by atoms with Crippen LogP contribution in [0.15, 0.2) is 36.0 Å². The molecule has 1 heterocycles. The molecule has 3 heteroatoms. The SMILES string of the molecule is NC1NC1/C=C/C1=CCC(=O)C=C1. The number of carbonyl (C=O) groups is 1. The molecule has 0 amide bonds. The van der Waals surface area contributed by atoms with Gasteiger partial charge < -0.3 is 5.73 Å². The summed E-state index contributed by atoms with van der Waals surface area (Å²) >= 11 is 0. The lowest BCUT2D eigenvalue weighted by Crippen LogP contribution is -2.04. The summed E-state index contributed by atoms with van der Waals surface area (Å²) < 4.78 is 0. The van der Waals surface area contributed by atoms with Crippen LogP contribution in [0, 0.1) is 0 Å². The fourth-order valence-electron chi connectivity index (χ4n) is 1.22. The largest absolute Gasteiger partial charge is 0.314 e. The van der Waals surface area contributed by atoms with Crippen LogP contribution in [0.2, 0.25) is 0 Å². The number of nitrogens with one attached hydrogen (secondary N) is 1. The summed E-state index contributed by atoms with van der Waals surface area (Å²) in [5, 5.41) is 3.05. The average molecular weight is 176 g/mol. The highest BCUT2D eigenvalue weighted by Crippen LogP contribution is 2.12. The maximum Gasteiger partial charge on any atom is 0.159 e. The standard InChI is InChI=1S/C10H12N2O/c11-10-9(12-10)6-3-7-1-4-8(13)5-2-7/h1-4,6,9-10,12H,5,11H2/b6-3+. The number of hydrogen-bond acceptors (Lipinski definition) is 3. The molecule has 0 aromatic carbocycles. The lowest BCUT2D eigenvalue weighted by Gasteiger charge is -1.99. The first-order valence-corrected chi connectivity index (χ1v) is 4.36. The summed E-state index contributed by atoms with van der Waals surface area (Å²) in [6.07, 6.45) is 10.0. The van der Waals surface area contributed by atoms with Gasteiger partial charge in [-0.3, -0.25) is 10.1 Å². The average Bonchev–Trinajstić information content (AvgIpc) is 2.81. The molecular weight excluding hydrogens is 164 g/mol. The van der Waals surface area contributed by atoms with Crippen LogP contribution < -0.4 is 11.1 Å². The fourth-order valence-corrected chi connectivity index (χ4v) is 1.22. The third kappa shape index (κ3) is 2.14. The number of ketones is 1. The van der Waals surface area contributed by atoms with E-state index in [-0.39, 0.29) is 11.9 Å². The molecule has 0 saturated carbocycles.